The lowest BCUT2D eigenvalue weighted by Crippen LogP contribution is -2.36. The molecule has 2 aromatic rings. The number of carbonyl (C=O) groups excluding carboxylic acids is 1. The standard InChI is InChI=1S/C21H27N7O5/c1-32-17-7-6-14(12-18(17)33-2)20(29)27-11-8-15(25-26-22)19-16(27)13-24-28(19)10-5-3-4-9-23-21(30)31/h6-7,12-13,15,23H,3-5,8-11H2,1-2H3,(H,30,31). The lowest BCUT2D eigenvalue weighted by molar-refractivity contribution is 0.0983. The van der Waals surface area contributed by atoms with Crippen LogP contribution in [-0.4, -0.2) is 54.2 Å². The van der Waals surface area contributed by atoms with Crippen LogP contribution in [0.4, 0.5) is 10.5 Å². The quantitative estimate of drug-likeness (QED) is 0.240. The molecule has 1 aromatic heterocycles. The van der Waals surface area contributed by atoms with Gasteiger partial charge in [0, 0.05) is 30.1 Å². The number of nitrogens with one attached hydrogen (secondary N) is 1. The van der Waals surface area contributed by atoms with E-state index in [2.05, 4.69) is 20.4 Å². The molecule has 0 saturated heterocycles. The summed E-state index contributed by atoms with van der Waals surface area (Å²) in [6.45, 7) is 1.34. The minimum atomic E-state index is -1.03. The SMILES string of the molecule is COc1ccc(C(=O)N2CCC(N=[N+]=[N-])c3c2cnn3CCCCCNC(=O)O)cc1OC. The Hall–Kier alpha value is -3.92. The molecule has 0 saturated carbocycles. The number of carboxylic acid groups (broad SMARTS) is 1. The number of azide groups is 1. The second-order valence-electron chi connectivity index (χ2n) is 7.47. The number of ether oxygens (including phenoxy) is 2. The molecular formula is C21H27N7O5. The molecule has 1 atom stereocenters. The van der Waals surface area contributed by atoms with Crippen molar-refractivity contribution in [2.45, 2.75) is 38.3 Å². The van der Waals surface area contributed by atoms with Gasteiger partial charge in [-0.1, -0.05) is 5.11 Å². The van der Waals surface area contributed by atoms with E-state index < -0.39 is 12.1 Å². The van der Waals surface area contributed by atoms with E-state index in [-0.39, 0.29) is 5.91 Å². The molecule has 1 aliphatic rings. The van der Waals surface area contributed by atoms with Gasteiger partial charge in [-0.05, 0) is 49.4 Å². The molecule has 2 amide bonds. The molecule has 0 aliphatic carbocycles. The highest BCUT2D eigenvalue weighted by Crippen LogP contribution is 2.38. The van der Waals surface area contributed by atoms with Gasteiger partial charge in [-0.2, -0.15) is 5.10 Å². The van der Waals surface area contributed by atoms with E-state index in [9.17, 15) is 9.59 Å². The number of unbranched alkanes of at least 4 members (excludes halogenated alkanes) is 2. The van der Waals surface area contributed by atoms with E-state index >= 15 is 0 Å². The van der Waals surface area contributed by atoms with Gasteiger partial charge < -0.3 is 24.8 Å². The number of hydrogen-bond donors (Lipinski definition) is 2. The Morgan fingerprint density at radius 3 is 2.76 bits per heavy atom. The highest BCUT2D eigenvalue weighted by atomic mass is 16.5. The lowest BCUT2D eigenvalue weighted by atomic mass is 10.0. The maximum atomic E-state index is 13.3. The van der Waals surface area contributed by atoms with Crippen molar-refractivity contribution in [1.29, 1.82) is 0 Å². The van der Waals surface area contributed by atoms with E-state index in [1.54, 1.807) is 34.0 Å². The van der Waals surface area contributed by atoms with E-state index in [1.165, 1.54) is 14.2 Å². The van der Waals surface area contributed by atoms with Gasteiger partial charge in [0.25, 0.3) is 5.91 Å². The number of methoxy groups -OCH3 is 2. The van der Waals surface area contributed by atoms with Crippen molar-refractivity contribution in [1.82, 2.24) is 15.1 Å². The summed E-state index contributed by atoms with van der Waals surface area (Å²) in [7, 11) is 3.04. The van der Waals surface area contributed by atoms with Crippen molar-refractivity contribution < 1.29 is 24.2 Å². The summed E-state index contributed by atoms with van der Waals surface area (Å²) in [5, 5.41) is 19.3. The molecule has 1 aromatic carbocycles. The van der Waals surface area contributed by atoms with Gasteiger partial charge in [0.2, 0.25) is 0 Å². The van der Waals surface area contributed by atoms with Crippen molar-refractivity contribution in [2.75, 3.05) is 32.2 Å². The first-order chi connectivity index (χ1) is 16.0. The number of benzene rings is 1. The largest absolute Gasteiger partial charge is 0.493 e. The van der Waals surface area contributed by atoms with Gasteiger partial charge in [0.15, 0.2) is 11.5 Å². The van der Waals surface area contributed by atoms with Crippen LogP contribution in [0.1, 0.15) is 47.8 Å². The second kappa shape index (κ2) is 11.1. The maximum Gasteiger partial charge on any atom is 0.404 e. The number of carbonyl (C=O) groups is 2. The predicted molar refractivity (Wildman–Crippen MR) is 120 cm³/mol. The maximum absolute atomic E-state index is 13.3. The Bertz CT molecular complexity index is 1050. The number of rotatable bonds is 10. The summed E-state index contributed by atoms with van der Waals surface area (Å²) in [4.78, 5) is 28.5. The van der Waals surface area contributed by atoms with Crippen LogP contribution in [-0.2, 0) is 6.54 Å². The number of anilines is 1. The Labute approximate surface area is 190 Å². The van der Waals surface area contributed by atoms with Crippen LogP contribution in [0.2, 0.25) is 0 Å². The van der Waals surface area contributed by atoms with Crippen molar-refractivity contribution in [3.8, 4) is 11.5 Å². The minimum Gasteiger partial charge on any atom is -0.493 e. The van der Waals surface area contributed by atoms with E-state index in [0.29, 0.717) is 60.9 Å². The summed E-state index contributed by atoms with van der Waals surface area (Å²) in [5.74, 6) is 0.777. The number of amides is 2. The first-order valence-electron chi connectivity index (χ1n) is 10.6. The van der Waals surface area contributed by atoms with Crippen molar-refractivity contribution in [2.24, 2.45) is 5.11 Å². The number of aromatic nitrogens is 2. The van der Waals surface area contributed by atoms with Crippen LogP contribution >= 0.6 is 0 Å². The lowest BCUT2D eigenvalue weighted by Gasteiger charge is -2.30. The number of fused-ring (bicyclic) bond motifs is 1. The molecule has 1 aliphatic heterocycles. The predicted octanol–water partition coefficient (Wildman–Crippen LogP) is 3.74. The Balaban J connectivity index is 1.79. The third-order valence-corrected chi connectivity index (χ3v) is 5.48. The summed E-state index contributed by atoms with van der Waals surface area (Å²) in [6, 6.07) is 4.58. The second-order valence-corrected chi connectivity index (χ2v) is 7.47. The number of aryl methyl sites for hydroxylation is 1. The van der Waals surface area contributed by atoms with Gasteiger partial charge in [0.05, 0.1) is 37.8 Å². The molecule has 0 fully saturated rings. The molecule has 1 unspecified atom stereocenters. The molecule has 0 spiro atoms. The van der Waals surface area contributed by atoms with Crippen LogP contribution in [0.3, 0.4) is 0 Å². The highest BCUT2D eigenvalue weighted by molar-refractivity contribution is 6.07. The van der Waals surface area contributed by atoms with Crippen LogP contribution in [0.5, 0.6) is 11.5 Å². The Kier molecular flexibility index (Phi) is 7.98. The fourth-order valence-corrected chi connectivity index (χ4v) is 3.89. The third kappa shape index (κ3) is 5.47. The van der Waals surface area contributed by atoms with Gasteiger partial charge in [-0.25, -0.2) is 4.79 Å². The van der Waals surface area contributed by atoms with Gasteiger partial charge in [0.1, 0.15) is 0 Å². The summed E-state index contributed by atoms with van der Waals surface area (Å²) in [5.41, 5.74) is 10.8. The molecule has 2 N–H and O–H groups in total. The van der Waals surface area contributed by atoms with Gasteiger partial charge in [-0.15, -0.1) is 0 Å². The number of hydrogen-bond acceptors (Lipinski definition) is 6. The van der Waals surface area contributed by atoms with E-state index in [1.807, 2.05) is 0 Å². The highest BCUT2D eigenvalue weighted by Gasteiger charge is 2.32. The normalized spacial score (nSPS) is 14.7. The Morgan fingerprint density at radius 1 is 1.27 bits per heavy atom. The smallest absolute Gasteiger partial charge is 0.404 e. The molecule has 0 radical (unpaired) electrons. The molecule has 176 valence electrons. The topological polar surface area (TPSA) is 155 Å². The zero-order valence-corrected chi connectivity index (χ0v) is 18.6. The molecule has 3 rings (SSSR count). The molecular weight excluding hydrogens is 430 g/mol. The first-order valence-corrected chi connectivity index (χ1v) is 10.6. The van der Waals surface area contributed by atoms with Crippen LogP contribution < -0.4 is 19.7 Å². The average molecular weight is 457 g/mol. The summed E-state index contributed by atoms with van der Waals surface area (Å²) in [6.07, 6.45) is 3.34. The zero-order valence-electron chi connectivity index (χ0n) is 18.6. The fraction of sp³-hybridized carbons (Fsp3) is 0.476. The van der Waals surface area contributed by atoms with Crippen LogP contribution in [0.25, 0.3) is 10.4 Å². The number of nitrogens with zero attached hydrogens (tertiary/aromatic N) is 6. The molecule has 0 bridgehead atoms. The van der Waals surface area contributed by atoms with Crippen molar-refractivity contribution in [3.05, 3.63) is 46.1 Å². The summed E-state index contributed by atoms with van der Waals surface area (Å²) < 4.78 is 12.3. The molecule has 12 nitrogen and oxygen atoms in total. The monoisotopic (exact) mass is 457 g/mol. The van der Waals surface area contributed by atoms with Crippen molar-refractivity contribution in [3.63, 3.8) is 0 Å². The fourth-order valence-electron chi connectivity index (χ4n) is 3.89. The zero-order chi connectivity index (χ0) is 23.8. The third-order valence-electron chi connectivity index (χ3n) is 5.48. The Morgan fingerprint density at radius 2 is 2.06 bits per heavy atom. The summed E-state index contributed by atoms with van der Waals surface area (Å²) >= 11 is 0. The van der Waals surface area contributed by atoms with E-state index in [4.69, 9.17) is 20.1 Å². The van der Waals surface area contributed by atoms with Gasteiger partial charge >= 0.3 is 6.09 Å². The van der Waals surface area contributed by atoms with Crippen LogP contribution in [0.15, 0.2) is 29.5 Å². The molecule has 2 heterocycles. The first kappa shape index (κ1) is 23.7. The van der Waals surface area contributed by atoms with E-state index in [0.717, 1.165) is 12.8 Å². The average Bonchev–Trinajstić information content (AvgIpc) is 3.25. The minimum absolute atomic E-state index is 0.212. The molecule has 33 heavy (non-hydrogen) atoms. The van der Waals surface area contributed by atoms with Crippen LogP contribution in [0, 0.1) is 0 Å². The van der Waals surface area contributed by atoms with Gasteiger partial charge in [-0.3, -0.25) is 9.48 Å². The molecule has 12 heteroatoms. The van der Waals surface area contributed by atoms with Crippen molar-refractivity contribution >= 4 is 17.7 Å².